The number of sulfonamides is 1. The van der Waals surface area contributed by atoms with E-state index in [0.717, 1.165) is 34.5 Å². The molecule has 0 saturated carbocycles. The number of amides is 1. The molecule has 4 heterocycles. The zero-order chi connectivity index (χ0) is 26.9. The predicted molar refractivity (Wildman–Crippen MR) is 135 cm³/mol. The van der Waals surface area contributed by atoms with Gasteiger partial charge in [-0.3, -0.25) is 4.90 Å². The van der Waals surface area contributed by atoms with Crippen molar-refractivity contribution in [1.29, 1.82) is 0 Å². The number of rotatable bonds is 10. The third kappa shape index (κ3) is 5.86. The number of nitrogens with zero attached hydrogens (tertiary/aromatic N) is 5. The lowest BCUT2D eigenvalue weighted by Gasteiger charge is -2.34. The van der Waals surface area contributed by atoms with Gasteiger partial charge in [-0.1, -0.05) is 6.92 Å². The molecule has 2 saturated heterocycles. The number of carbonyl (C=O) groups excluding carboxylic acids is 1. The van der Waals surface area contributed by atoms with Crippen molar-refractivity contribution in [3.63, 3.8) is 0 Å². The Kier molecular flexibility index (Phi) is 7.73. The first-order chi connectivity index (χ1) is 18.2. The number of aromatic nitrogens is 3. The van der Waals surface area contributed by atoms with E-state index in [-0.39, 0.29) is 42.5 Å². The van der Waals surface area contributed by atoms with Gasteiger partial charge in [0.15, 0.2) is 5.75 Å². The van der Waals surface area contributed by atoms with Crippen molar-refractivity contribution < 1.29 is 31.5 Å². The Morgan fingerprint density at radius 1 is 1.18 bits per heavy atom. The van der Waals surface area contributed by atoms with Gasteiger partial charge in [0.1, 0.15) is 12.4 Å². The highest BCUT2D eigenvalue weighted by Crippen LogP contribution is 2.29. The summed E-state index contributed by atoms with van der Waals surface area (Å²) in [6.07, 6.45) is 5.19. The van der Waals surface area contributed by atoms with Crippen LogP contribution in [0.3, 0.4) is 0 Å². The van der Waals surface area contributed by atoms with Crippen molar-refractivity contribution in [2.75, 3.05) is 26.2 Å². The largest absolute Gasteiger partial charge is 0.447 e. The third-order valence-corrected chi connectivity index (χ3v) is 9.68. The number of alkyl halides is 2. The van der Waals surface area contributed by atoms with Crippen LogP contribution in [0, 0.1) is 5.92 Å². The maximum absolute atomic E-state index is 13.3. The van der Waals surface area contributed by atoms with Gasteiger partial charge in [0.2, 0.25) is 10.0 Å². The molecule has 0 bridgehead atoms. The van der Waals surface area contributed by atoms with Crippen LogP contribution in [-0.2, 0) is 27.6 Å². The standard InChI is InChI=1S/C24H27F2N5O5S2/c1-15(2-6-21-27-11-17(12-28-21)36-23(25)26)3-7-22-29-19-5-4-18(10-20(19)37-22)38(33,34)30-8-9-31-16(13-30)14-35-24(31)32/h4-5,10-12,15-16,23H,2-3,6-9,13-14H2,1H3. The van der Waals surface area contributed by atoms with Gasteiger partial charge < -0.3 is 9.47 Å². The van der Waals surface area contributed by atoms with E-state index in [4.69, 9.17) is 4.74 Å². The minimum Gasteiger partial charge on any atom is -0.447 e. The lowest BCUT2D eigenvalue weighted by molar-refractivity contribution is -0.0503. The molecule has 14 heteroatoms. The lowest BCUT2D eigenvalue weighted by atomic mass is 10.00. The van der Waals surface area contributed by atoms with Crippen LogP contribution in [-0.4, -0.2) is 77.6 Å². The topological polar surface area (TPSA) is 115 Å². The normalized spacial score (nSPS) is 19.1. The highest BCUT2D eigenvalue weighted by molar-refractivity contribution is 7.89. The molecular formula is C24H27F2N5O5S2. The fourth-order valence-electron chi connectivity index (χ4n) is 4.57. The first-order valence-corrected chi connectivity index (χ1v) is 14.5. The number of benzene rings is 1. The Morgan fingerprint density at radius 3 is 2.71 bits per heavy atom. The van der Waals surface area contributed by atoms with Crippen molar-refractivity contribution >= 4 is 37.7 Å². The first kappa shape index (κ1) is 26.6. The third-order valence-electron chi connectivity index (χ3n) is 6.74. The maximum Gasteiger partial charge on any atom is 0.410 e. The minimum absolute atomic E-state index is 0.0638. The molecule has 1 aromatic carbocycles. The van der Waals surface area contributed by atoms with E-state index in [1.54, 1.807) is 23.1 Å². The summed E-state index contributed by atoms with van der Waals surface area (Å²) < 4.78 is 62.6. The van der Waals surface area contributed by atoms with Gasteiger partial charge in [0, 0.05) is 26.1 Å². The molecule has 204 valence electrons. The van der Waals surface area contributed by atoms with Crippen molar-refractivity contribution in [2.45, 2.75) is 50.2 Å². The van der Waals surface area contributed by atoms with Gasteiger partial charge in [-0.25, -0.2) is 28.2 Å². The minimum atomic E-state index is -3.71. The van der Waals surface area contributed by atoms with Crippen molar-refractivity contribution in [3.8, 4) is 5.75 Å². The summed E-state index contributed by atoms with van der Waals surface area (Å²) in [7, 11) is -3.71. The van der Waals surface area contributed by atoms with Gasteiger partial charge >= 0.3 is 12.7 Å². The van der Waals surface area contributed by atoms with Crippen LogP contribution in [0.25, 0.3) is 10.2 Å². The average molecular weight is 568 g/mol. The number of ether oxygens (including phenoxy) is 2. The molecule has 10 nitrogen and oxygen atoms in total. The molecular weight excluding hydrogens is 540 g/mol. The number of aryl methyl sites for hydroxylation is 2. The van der Waals surface area contributed by atoms with E-state index in [9.17, 15) is 22.0 Å². The van der Waals surface area contributed by atoms with E-state index < -0.39 is 16.6 Å². The second-order valence-corrected chi connectivity index (χ2v) is 12.5. The monoisotopic (exact) mass is 567 g/mol. The second kappa shape index (κ2) is 11.0. The number of hydrogen-bond acceptors (Lipinski definition) is 9. The van der Waals surface area contributed by atoms with Gasteiger partial charge in [-0.2, -0.15) is 13.1 Å². The number of hydrogen-bond donors (Lipinski definition) is 0. The highest BCUT2D eigenvalue weighted by atomic mass is 32.2. The number of fused-ring (bicyclic) bond motifs is 2. The molecule has 2 fully saturated rings. The van der Waals surface area contributed by atoms with Crippen LogP contribution < -0.4 is 4.74 Å². The number of piperazine rings is 1. The van der Waals surface area contributed by atoms with E-state index >= 15 is 0 Å². The summed E-state index contributed by atoms with van der Waals surface area (Å²) >= 11 is 1.49. The first-order valence-electron chi connectivity index (χ1n) is 12.3. The summed E-state index contributed by atoms with van der Waals surface area (Å²) in [5.74, 6) is 0.857. The van der Waals surface area contributed by atoms with E-state index in [1.807, 2.05) is 0 Å². The van der Waals surface area contributed by atoms with Gasteiger partial charge in [-0.15, -0.1) is 11.3 Å². The Bertz CT molecular complexity index is 1400. The maximum atomic E-state index is 13.3. The molecule has 0 N–H and O–H groups in total. The molecule has 0 aliphatic carbocycles. The highest BCUT2D eigenvalue weighted by Gasteiger charge is 2.41. The quantitative estimate of drug-likeness (QED) is 0.364. The van der Waals surface area contributed by atoms with Crippen LogP contribution in [0.15, 0.2) is 35.5 Å². The van der Waals surface area contributed by atoms with Crippen LogP contribution >= 0.6 is 11.3 Å². The fraction of sp³-hybridized carbons (Fsp3) is 0.500. The molecule has 0 radical (unpaired) electrons. The lowest BCUT2D eigenvalue weighted by Crippen LogP contribution is -2.53. The molecule has 5 rings (SSSR count). The van der Waals surface area contributed by atoms with Crippen molar-refractivity contribution in [2.24, 2.45) is 5.92 Å². The Hall–Kier alpha value is -2.97. The second-order valence-electron chi connectivity index (χ2n) is 9.42. The fourth-order valence-corrected chi connectivity index (χ4v) is 7.16. The molecule has 38 heavy (non-hydrogen) atoms. The summed E-state index contributed by atoms with van der Waals surface area (Å²) in [4.78, 5) is 26.3. The predicted octanol–water partition coefficient (Wildman–Crippen LogP) is 3.71. The Labute approximate surface area is 222 Å². The summed E-state index contributed by atoms with van der Waals surface area (Å²) in [5.41, 5.74) is 0.760. The zero-order valence-electron chi connectivity index (χ0n) is 20.6. The number of cyclic esters (lactones) is 1. The molecule has 2 atom stereocenters. The molecule has 3 aromatic rings. The SMILES string of the molecule is CC(CCc1ncc(OC(F)F)cn1)CCc1nc2ccc(S(=O)(=O)N3CCN4C(=O)OCC4C3)cc2s1. The number of halogens is 2. The van der Waals surface area contributed by atoms with E-state index in [2.05, 4.69) is 26.6 Å². The van der Waals surface area contributed by atoms with Crippen LogP contribution in [0.2, 0.25) is 0 Å². The molecule has 2 aromatic heterocycles. The van der Waals surface area contributed by atoms with Gasteiger partial charge in [0.25, 0.3) is 0 Å². The summed E-state index contributed by atoms with van der Waals surface area (Å²) in [6, 6.07) is 4.75. The molecule has 2 aliphatic heterocycles. The molecule has 2 unspecified atom stereocenters. The average Bonchev–Trinajstić information content (AvgIpc) is 3.49. The van der Waals surface area contributed by atoms with Crippen LogP contribution in [0.5, 0.6) is 5.75 Å². The van der Waals surface area contributed by atoms with Crippen LogP contribution in [0.1, 0.15) is 30.6 Å². The smallest absolute Gasteiger partial charge is 0.410 e. The molecule has 0 spiro atoms. The van der Waals surface area contributed by atoms with Gasteiger partial charge in [0.05, 0.1) is 38.6 Å². The molecule has 1 amide bonds. The Morgan fingerprint density at radius 2 is 1.95 bits per heavy atom. The van der Waals surface area contributed by atoms with Crippen LogP contribution in [0.4, 0.5) is 13.6 Å². The van der Waals surface area contributed by atoms with Crippen molar-refractivity contribution in [1.82, 2.24) is 24.2 Å². The molecule has 2 aliphatic rings. The van der Waals surface area contributed by atoms with Crippen molar-refractivity contribution in [3.05, 3.63) is 41.4 Å². The zero-order valence-corrected chi connectivity index (χ0v) is 22.3. The Balaban J connectivity index is 1.16. The summed E-state index contributed by atoms with van der Waals surface area (Å²) in [6.45, 7) is 0.190. The van der Waals surface area contributed by atoms with E-state index in [0.29, 0.717) is 24.7 Å². The van der Waals surface area contributed by atoms with Gasteiger partial charge in [-0.05, 0) is 43.4 Å². The summed E-state index contributed by atoms with van der Waals surface area (Å²) in [5, 5.41) is 0.932. The number of carbonyl (C=O) groups is 1. The number of thiazole rings is 1. The van der Waals surface area contributed by atoms with E-state index in [1.165, 1.54) is 28.0 Å².